The molecule has 0 unspecified atom stereocenters. The summed E-state index contributed by atoms with van der Waals surface area (Å²) < 4.78 is 0. The molecule has 24 heteroatoms. The number of aliphatic hydroxyl groups excluding tert-OH is 1. The van der Waals surface area contributed by atoms with Crippen LogP contribution in [0.5, 0.6) is 5.75 Å². The van der Waals surface area contributed by atoms with Crippen molar-refractivity contribution in [3.05, 3.63) is 102 Å². The minimum absolute atomic E-state index is 0.169. The molecule has 0 aliphatic carbocycles. The fourth-order valence-electron chi connectivity index (χ4n) is 6.91. The number of amides is 7. The molecule has 1 aromatic heterocycles. The second kappa shape index (κ2) is 25.5. The Morgan fingerprint density at radius 2 is 1.00 bits per heavy atom. The van der Waals surface area contributed by atoms with E-state index in [-0.39, 0.29) is 18.6 Å². The van der Waals surface area contributed by atoms with Gasteiger partial charge in [-0.25, -0.2) is 4.79 Å². The van der Waals surface area contributed by atoms with Gasteiger partial charge in [0.15, 0.2) is 0 Å². The first-order chi connectivity index (χ1) is 32.7. The maximum absolute atomic E-state index is 14.2. The average molecular weight is 960 g/mol. The maximum atomic E-state index is 14.2. The standard InChI is InChI=1S/C45H53N9O15/c46-28(19-37(58)59)39(62)50-33(18-25-21-48-29-9-5-4-8-27(25)29)43(66)49-30(14-15-36(47)57)40(63)51-32(17-24-10-12-26(56)13-11-24)41(64)53-34(20-38(60)61)44(67)52-31(16-23-6-2-1-3-7-23)42(65)54-35(22-55)45(68)69/h1-13,21,28,30-35,48,55-56H,14-20,22,46H2,(H2,47,57)(H,49,66)(H,50,62)(H,51,63)(H,52,67)(H,53,64)(H,54,65)(H,58,59)(H,60,61)(H,68,69)/t28-,30-,31-,32-,33-,34-,35-/m0/s1. The summed E-state index contributed by atoms with van der Waals surface area (Å²) in [7, 11) is 0. The van der Waals surface area contributed by atoms with E-state index in [0.29, 0.717) is 27.6 Å². The number of phenols is 1. The van der Waals surface area contributed by atoms with Gasteiger partial charge in [0.25, 0.3) is 0 Å². The predicted molar refractivity (Wildman–Crippen MR) is 241 cm³/mol. The van der Waals surface area contributed by atoms with Gasteiger partial charge in [0.1, 0.15) is 42.0 Å². The molecule has 0 radical (unpaired) electrons. The Kier molecular flexibility index (Phi) is 19.7. The Labute approximate surface area is 392 Å². The molecule has 7 amide bonds. The Bertz CT molecular complexity index is 2500. The Morgan fingerprint density at radius 1 is 0.536 bits per heavy atom. The largest absolute Gasteiger partial charge is 0.508 e. The SMILES string of the molecule is NC(=O)CC[C@H](NC(=O)[C@H](Cc1c[nH]c2ccccc12)NC(=O)[C@@H](N)CC(=O)O)C(=O)N[C@@H](Cc1ccc(O)cc1)C(=O)N[C@@H](CC(=O)O)C(=O)N[C@@H](Cc1ccccc1)C(=O)N[C@@H](CO)C(=O)O. The lowest BCUT2D eigenvalue weighted by Gasteiger charge is -2.27. The van der Waals surface area contributed by atoms with E-state index in [1.54, 1.807) is 60.8 Å². The summed E-state index contributed by atoms with van der Waals surface area (Å²) in [5.41, 5.74) is 13.2. The van der Waals surface area contributed by atoms with Crippen molar-refractivity contribution in [2.75, 3.05) is 6.61 Å². The number of aliphatic carboxylic acids is 3. The number of nitrogens with one attached hydrogen (secondary N) is 7. The molecule has 69 heavy (non-hydrogen) atoms. The van der Waals surface area contributed by atoms with Crippen molar-refractivity contribution in [1.29, 1.82) is 0 Å². The van der Waals surface area contributed by atoms with Crippen LogP contribution in [0, 0.1) is 0 Å². The number of aromatic hydroxyl groups is 1. The van der Waals surface area contributed by atoms with Gasteiger partial charge in [-0.3, -0.25) is 43.2 Å². The van der Waals surface area contributed by atoms with Gasteiger partial charge in [-0.05, 0) is 41.3 Å². The highest BCUT2D eigenvalue weighted by molar-refractivity contribution is 5.99. The van der Waals surface area contributed by atoms with Crippen molar-refractivity contribution in [2.45, 2.75) is 87.2 Å². The summed E-state index contributed by atoms with van der Waals surface area (Å²) >= 11 is 0. The van der Waals surface area contributed by atoms with Crippen molar-refractivity contribution in [3.8, 4) is 5.75 Å². The lowest BCUT2D eigenvalue weighted by atomic mass is 10.0. The second-order valence-corrected chi connectivity index (χ2v) is 15.8. The summed E-state index contributed by atoms with van der Waals surface area (Å²) in [6, 6.07) is 8.47. The van der Waals surface area contributed by atoms with Crippen LogP contribution in [0.4, 0.5) is 0 Å². The molecule has 0 saturated carbocycles. The molecule has 0 bridgehead atoms. The number of aliphatic hydroxyl groups is 1. The minimum atomic E-state index is -1.96. The van der Waals surface area contributed by atoms with E-state index >= 15 is 0 Å². The van der Waals surface area contributed by atoms with Crippen LogP contribution in [0.2, 0.25) is 0 Å². The minimum Gasteiger partial charge on any atom is -0.508 e. The van der Waals surface area contributed by atoms with Gasteiger partial charge in [-0.15, -0.1) is 0 Å². The quantitative estimate of drug-likeness (QED) is 0.0292. The zero-order valence-corrected chi connectivity index (χ0v) is 36.8. The number of H-pyrrole nitrogens is 1. The summed E-state index contributed by atoms with van der Waals surface area (Å²) in [4.78, 5) is 133. The molecular weight excluding hydrogens is 907 g/mol. The molecule has 368 valence electrons. The number of aromatic nitrogens is 1. The summed E-state index contributed by atoms with van der Waals surface area (Å²) in [5, 5.41) is 62.5. The summed E-state index contributed by atoms with van der Waals surface area (Å²) in [5.74, 6) is -12.3. The number of para-hydroxylation sites is 1. The number of benzene rings is 3. The third-order valence-corrected chi connectivity index (χ3v) is 10.5. The molecule has 0 spiro atoms. The number of primary amides is 1. The van der Waals surface area contributed by atoms with E-state index in [9.17, 15) is 73.5 Å². The van der Waals surface area contributed by atoms with Gasteiger partial charge in [0.05, 0.1) is 25.5 Å². The lowest BCUT2D eigenvalue weighted by molar-refractivity contribution is -0.144. The fourth-order valence-corrected chi connectivity index (χ4v) is 6.91. The lowest BCUT2D eigenvalue weighted by Crippen LogP contribution is -2.60. The highest BCUT2D eigenvalue weighted by Gasteiger charge is 2.35. The van der Waals surface area contributed by atoms with Crippen LogP contribution >= 0.6 is 0 Å². The van der Waals surface area contributed by atoms with E-state index in [0.717, 1.165) is 0 Å². The first-order valence-electron chi connectivity index (χ1n) is 21.2. The highest BCUT2D eigenvalue weighted by atomic mass is 16.4. The molecule has 0 saturated heterocycles. The molecule has 0 aliphatic rings. The molecule has 4 rings (SSSR count). The van der Waals surface area contributed by atoms with Gasteiger partial charge in [-0.2, -0.15) is 0 Å². The molecule has 7 atom stereocenters. The zero-order chi connectivity index (χ0) is 50.8. The van der Waals surface area contributed by atoms with Gasteiger partial charge >= 0.3 is 17.9 Å². The van der Waals surface area contributed by atoms with Gasteiger partial charge in [0, 0.05) is 42.8 Å². The van der Waals surface area contributed by atoms with Crippen LogP contribution in [0.1, 0.15) is 42.4 Å². The van der Waals surface area contributed by atoms with Crippen molar-refractivity contribution in [3.63, 3.8) is 0 Å². The van der Waals surface area contributed by atoms with E-state index in [1.165, 1.54) is 24.3 Å². The molecule has 0 aliphatic heterocycles. The van der Waals surface area contributed by atoms with Crippen LogP contribution in [0.15, 0.2) is 85.1 Å². The third kappa shape index (κ3) is 16.8. The van der Waals surface area contributed by atoms with Crippen molar-refractivity contribution in [2.24, 2.45) is 11.5 Å². The number of hydrogen-bond donors (Lipinski definition) is 14. The smallest absolute Gasteiger partial charge is 0.328 e. The van der Waals surface area contributed by atoms with Crippen molar-refractivity contribution >= 4 is 70.2 Å². The monoisotopic (exact) mass is 959 g/mol. The number of phenolic OH excluding ortho intramolecular Hbond substituents is 1. The first-order valence-corrected chi connectivity index (χ1v) is 21.2. The molecule has 0 fully saturated rings. The van der Waals surface area contributed by atoms with Crippen LogP contribution in [0.25, 0.3) is 10.9 Å². The number of fused-ring (bicyclic) bond motifs is 1. The van der Waals surface area contributed by atoms with E-state index in [1.807, 2.05) is 0 Å². The molecule has 24 nitrogen and oxygen atoms in total. The highest BCUT2D eigenvalue weighted by Crippen LogP contribution is 2.20. The number of carboxylic acid groups (broad SMARTS) is 3. The maximum Gasteiger partial charge on any atom is 0.328 e. The second-order valence-electron chi connectivity index (χ2n) is 15.8. The van der Waals surface area contributed by atoms with E-state index in [4.69, 9.17) is 11.5 Å². The zero-order valence-electron chi connectivity index (χ0n) is 36.8. The van der Waals surface area contributed by atoms with Crippen LogP contribution in [-0.2, 0) is 67.2 Å². The Hall–Kier alpha value is -8.38. The number of rotatable bonds is 27. The average Bonchev–Trinajstić information content (AvgIpc) is 3.71. The van der Waals surface area contributed by atoms with Crippen molar-refractivity contribution < 1.29 is 73.5 Å². The van der Waals surface area contributed by atoms with Gasteiger partial charge in [0.2, 0.25) is 41.4 Å². The Balaban J connectivity index is 1.65. The number of carboxylic acids is 3. The molecule has 3 aromatic carbocycles. The van der Waals surface area contributed by atoms with Crippen LogP contribution < -0.4 is 43.4 Å². The number of aromatic amines is 1. The van der Waals surface area contributed by atoms with E-state index < -0.39 is 140 Å². The first kappa shape index (κ1) is 53.2. The normalized spacial score (nSPS) is 14.0. The number of nitrogens with two attached hydrogens (primary N) is 2. The Morgan fingerprint density at radius 3 is 1.55 bits per heavy atom. The topological polar surface area (TPSA) is 412 Å². The molecule has 4 aromatic rings. The number of hydrogen-bond acceptors (Lipinski definition) is 13. The summed E-state index contributed by atoms with van der Waals surface area (Å²) in [6.45, 7) is -1.02. The van der Waals surface area contributed by atoms with Gasteiger partial charge < -0.3 is 73.9 Å². The summed E-state index contributed by atoms with van der Waals surface area (Å²) in [6.07, 6.45) is -2.15. The number of carbonyl (C=O) groups excluding carboxylic acids is 7. The van der Waals surface area contributed by atoms with E-state index in [2.05, 4.69) is 36.9 Å². The van der Waals surface area contributed by atoms with Crippen LogP contribution in [-0.4, -0.2) is 139 Å². The van der Waals surface area contributed by atoms with Gasteiger partial charge in [-0.1, -0.05) is 60.7 Å². The molecule has 16 N–H and O–H groups in total. The fraction of sp³-hybridized carbons (Fsp3) is 0.333. The van der Waals surface area contributed by atoms with Crippen LogP contribution in [0.3, 0.4) is 0 Å². The predicted octanol–water partition coefficient (Wildman–Crippen LogP) is -2.57. The third-order valence-electron chi connectivity index (χ3n) is 10.5. The molecular formula is C45H53N9O15. The van der Waals surface area contributed by atoms with Crippen molar-refractivity contribution in [1.82, 2.24) is 36.9 Å². The number of carbonyl (C=O) groups is 10. The molecule has 1 heterocycles.